The normalized spacial score (nSPS) is 28.2. The number of ether oxygens (including phenoxy) is 1. The van der Waals surface area contributed by atoms with Gasteiger partial charge in [0.2, 0.25) is 0 Å². The van der Waals surface area contributed by atoms with Gasteiger partial charge in [0.1, 0.15) is 0 Å². The summed E-state index contributed by atoms with van der Waals surface area (Å²) in [5.74, 6) is 0. The van der Waals surface area contributed by atoms with Crippen LogP contribution in [0.5, 0.6) is 0 Å². The molecule has 2 aliphatic rings. The van der Waals surface area contributed by atoms with E-state index in [-0.39, 0.29) is 11.5 Å². The summed E-state index contributed by atoms with van der Waals surface area (Å²) in [6, 6.07) is 4.28. The van der Waals surface area contributed by atoms with Crippen molar-refractivity contribution >= 4 is 0 Å². The van der Waals surface area contributed by atoms with Gasteiger partial charge in [-0.05, 0) is 24.5 Å². The van der Waals surface area contributed by atoms with Gasteiger partial charge in [0.15, 0.2) is 0 Å². The fourth-order valence-electron chi connectivity index (χ4n) is 2.51. The molecule has 3 nitrogen and oxygen atoms in total. The van der Waals surface area contributed by atoms with Crippen LogP contribution in [0.1, 0.15) is 30.1 Å². The Bertz CT molecular complexity index is 360. The van der Waals surface area contributed by atoms with Gasteiger partial charge >= 0.3 is 0 Å². The maximum Gasteiger partial charge on any atom is 0.0610 e. The monoisotopic (exact) mass is 190 g/mol. The molecule has 1 aliphatic heterocycles. The van der Waals surface area contributed by atoms with E-state index in [0.29, 0.717) is 0 Å². The van der Waals surface area contributed by atoms with E-state index in [1.54, 1.807) is 0 Å². The molecule has 1 aromatic heterocycles. The first kappa shape index (κ1) is 8.38. The third kappa shape index (κ3) is 0.967. The van der Waals surface area contributed by atoms with Crippen molar-refractivity contribution in [2.45, 2.75) is 24.3 Å². The van der Waals surface area contributed by atoms with Crippen LogP contribution in [0.2, 0.25) is 0 Å². The molecule has 74 valence electrons. The summed E-state index contributed by atoms with van der Waals surface area (Å²) in [5.41, 5.74) is 8.70. The lowest BCUT2D eigenvalue weighted by atomic mass is 9.69. The van der Waals surface area contributed by atoms with E-state index >= 15 is 0 Å². The zero-order chi connectivity index (χ0) is 9.60. The average molecular weight is 190 g/mol. The second-order valence-electron chi connectivity index (χ2n) is 4.35. The number of hydrogen-bond acceptors (Lipinski definition) is 3. The van der Waals surface area contributed by atoms with Crippen LogP contribution in [-0.4, -0.2) is 18.2 Å². The minimum absolute atomic E-state index is 0.123. The fourth-order valence-corrected chi connectivity index (χ4v) is 2.51. The van der Waals surface area contributed by atoms with Gasteiger partial charge in [0.25, 0.3) is 0 Å². The second kappa shape index (κ2) is 2.78. The van der Waals surface area contributed by atoms with Crippen LogP contribution in [-0.2, 0) is 10.2 Å². The van der Waals surface area contributed by atoms with Crippen molar-refractivity contribution < 1.29 is 4.74 Å². The first-order chi connectivity index (χ1) is 6.82. The molecule has 1 atom stereocenters. The summed E-state index contributed by atoms with van der Waals surface area (Å²) < 4.78 is 5.34. The highest BCUT2D eigenvalue weighted by atomic mass is 16.5. The lowest BCUT2D eigenvalue weighted by Gasteiger charge is -2.46. The maximum atomic E-state index is 6.04. The van der Waals surface area contributed by atoms with Crippen LogP contribution >= 0.6 is 0 Å². The van der Waals surface area contributed by atoms with Crippen LogP contribution in [0.25, 0.3) is 0 Å². The molecule has 0 radical (unpaired) electrons. The van der Waals surface area contributed by atoms with Gasteiger partial charge in [0, 0.05) is 17.7 Å². The van der Waals surface area contributed by atoms with Crippen LogP contribution in [0.3, 0.4) is 0 Å². The lowest BCUT2D eigenvalue weighted by molar-refractivity contribution is -0.0701. The molecular formula is C11H14N2O. The van der Waals surface area contributed by atoms with E-state index in [1.807, 2.05) is 12.3 Å². The Labute approximate surface area is 83.3 Å². The molecule has 3 heteroatoms. The van der Waals surface area contributed by atoms with Crippen LogP contribution in [0, 0.1) is 0 Å². The van der Waals surface area contributed by atoms with Gasteiger partial charge in [-0.15, -0.1) is 0 Å². The maximum absolute atomic E-state index is 6.04. The highest BCUT2D eigenvalue weighted by molar-refractivity contribution is 5.36. The van der Waals surface area contributed by atoms with Crippen molar-refractivity contribution in [3.63, 3.8) is 0 Å². The number of nitrogens with two attached hydrogens (primary N) is 1. The third-order valence-electron chi connectivity index (χ3n) is 3.45. The molecule has 1 spiro atoms. The van der Waals surface area contributed by atoms with E-state index in [0.717, 1.165) is 31.7 Å². The molecule has 1 unspecified atom stereocenters. The number of fused-ring (bicyclic) bond motifs is 2. The number of rotatable bonds is 0. The Kier molecular flexibility index (Phi) is 1.66. The minimum atomic E-state index is 0.123. The molecule has 0 amide bonds. The summed E-state index contributed by atoms with van der Waals surface area (Å²) in [5, 5.41) is 0. The van der Waals surface area contributed by atoms with Crippen LogP contribution < -0.4 is 5.73 Å². The van der Waals surface area contributed by atoms with Gasteiger partial charge in [-0.25, -0.2) is 0 Å². The third-order valence-corrected chi connectivity index (χ3v) is 3.45. The second-order valence-corrected chi connectivity index (χ2v) is 4.35. The predicted octanol–water partition coefficient (Wildman–Crippen LogP) is 1.14. The molecule has 14 heavy (non-hydrogen) atoms. The Morgan fingerprint density at radius 3 is 3.07 bits per heavy atom. The largest absolute Gasteiger partial charge is 0.379 e. The summed E-state index contributed by atoms with van der Waals surface area (Å²) in [4.78, 5) is 4.40. The lowest BCUT2D eigenvalue weighted by Crippen LogP contribution is -2.50. The van der Waals surface area contributed by atoms with Crippen molar-refractivity contribution in [2.24, 2.45) is 5.73 Å². The Morgan fingerprint density at radius 2 is 2.36 bits per heavy atom. The van der Waals surface area contributed by atoms with E-state index in [4.69, 9.17) is 10.5 Å². The molecule has 1 saturated heterocycles. The van der Waals surface area contributed by atoms with Gasteiger partial charge < -0.3 is 10.5 Å². The molecule has 3 rings (SSSR count). The first-order valence-electron chi connectivity index (χ1n) is 5.11. The summed E-state index contributed by atoms with van der Waals surface area (Å²) in [7, 11) is 0. The molecule has 2 heterocycles. The van der Waals surface area contributed by atoms with Crippen molar-refractivity contribution in [1.82, 2.24) is 4.98 Å². The van der Waals surface area contributed by atoms with E-state index in [1.165, 1.54) is 5.56 Å². The Balaban J connectivity index is 2.12. The Morgan fingerprint density at radius 1 is 1.50 bits per heavy atom. The standard InChI is InChI=1S/C11H14N2O/c12-9-3-4-11(6-14-7-11)8-2-1-5-13-10(8)9/h1-2,5,9H,3-4,6-7,12H2. The van der Waals surface area contributed by atoms with Crippen molar-refractivity contribution in [3.8, 4) is 0 Å². The fraction of sp³-hybridized carbons (Fsp3) is 0.545. The van der Waals surface area contributed by atoms with Gasteiger partial charge in [0.05, 0.1) is 18.9 Å². The van der Waals surface area contributed by atoms with E-state index in [2.05, 4.69) is 11.1 Å². The molecular weight excluding hydrogens is 176 g/mol. The van der Waals surface area contributed by atoms with Gasteiger partial charge in [-0.2, -0.15) is 0 Å². The molecule has 0 saturated carbocycles. The number of pyridine rings is 1. The van der Waals surface area contributed by atoms with Crippen LogP contribution in [0.4, 0.5) is 0 Å². The average Bonchev–Trinajstić information content (AvgIpc) is 2.17. The number of aromatic nitrogens is 1. The zero-order valence-electron chi connectivity index (χ0n) is 8.07. The topological polar surface area (TPSA) is 48.1 Å². The minimum Gasteiger partial charge on any atom is -0.379 e. The van der Waals surface area contributed by atoms with E-state index < -0.39 is 0 Å². The Hall–Kier alpha value is -0.930. The van der Waals surface area contributed by atoms with Crippen molar-refractivity contribution in [1.29, 1.82) is 0 Å². The zero-order valence-corrected chi connectivity index (χ0v) is 8.07. The molecule has 1 aliphatic carbocycles. The summed E-state index contributed by atoms with van der Waals surface area (Å²) in [6.07, 6.45) is 4.01. The predicted molar refractivity (Wildman–Crippen MR) is 52.9 cm³/mol. The van der Waals surface area contributed by atoms with Gasteiger partial charge in [-0.1, -0.05) is 6.07 Å². The van der Waals surface area contributed by atoms with Crippen LogP contribution in [0.15, 0.2) is 18.3 Å². The molecule has 0 bridgehead atoms. The highest BCUT2D eigenvalue weighted by Crippen LogP contribution is 2.44. The first-order valence-corrected chi connectivity index (χ1v) is 5.11. The molecule has 2 N–H and O–H groups in total. The quantitative estimate of drug-likeness (QED) is 0.667. The number of nitrogens with zero attached hydrogens (tertiary/aromatic N) is 1. The van der Waals surface area contributed by atoms with E-state index in [9.17, 15) is 0 Å². The highest BCUT2D eigenvalue weighted by Gasteiger charge is 2.45. The summed E-state index contributed by atoms with van der Waals surface area (Å²) >= 11 is 0. The van der Waals surface area contributed by atoms with Crippen molar-refractivity contribution in [3.05, 3.63) is 29.6 Å². The molecule has 1 aromatic rings. The number of hydrogen-bond donors (Lipinski definition) is 1. The smallest absolute Gasteiger partial charge is 0.0610 e. The summed E-state index contributed by atoms with van der Waals surface area (Å²) in [6.45, 7) is 1.69. The van der Waals surface area contributed by atoms with Crippen molar-refractivity contribution in [2.75, 3.05) is 13.2 Å². The molecule has 1 fully saturated rings. The SMILES string of the molecule is NC1CCC2(COC2)c2cccnc21. The molecule has 0 aromatic carbocycles. The van der Waals surface area contributed by atoms with Gasteiger partial charge in [-0.3, -0.25) is 4.98 Å².